The highest BCUT2D eigenvalue weighted by molar-refractivity contribution is 7.09. The number of anilines is 1. The van der Waals surface area contributed by atoms with E-state index in [0.717, 1.165) is 17.0 Å². The predicted octanol–water partition coefficient (Wildman–Crippen LogP) is 2.77. The Labute approximate surface area is 154 Å². The maximum Gasteiger partial charge on any atom is 0.243 e. The van der Waals surface area contributed by atoms with Crippen molar-refractivity contribution in [3.8, 4) is 0 Å². The molecule has 2 amide bonds. The molecular formula is C18H19F2N3O2S. The Balaban J connectivity index is 1.79. The highest BCUT2D eigenvalue weighted by atomic mass is 32.1. The molecule has 0 bridgehead atoms. The van der Waals surface area contributed by atoms with Crippen LogP contribution in [0, 0.1) is 11.6 Å². The van der Waals surface area contributed by atoms with Crippen LogP contribution in [0.1, 0.15) is 4.88 Å². The first kappa shape index (κ1) is 19.7. The summed E-state index contributed by atoms with van der Waals surface area (Å²) in [5.41, 5.74) is 0.120. The Morgan fingerprint density at radius 2 is 2.00 bits per heavy atom. The molecule has 0 radical (unpaired) electrons. The Morgan fingerprint density at radius 1 is 1.19 bits per heavy atom. The van der Waals surface area contributed by atoms with Gasteiger partial charge in [0.15, 0.2) is 11.6 Å². The van der Waals surface area contributed by atoms with Crippen LogP contribution < -0.4 is 10.6 Å². The third-order valence-corrected chi connectivity index (χ3v) is 4.22. The number of nitrogens with one attached hydrogen (secondary N) is 2. The standard InChI is InChI=1S/C18H19F2N3O2S/c1-2-7-23(11-14-4-3-8-26-14)12-18(25)21-10-17(24)22-13-5-6-15(19)16(20)9-13/h2-6,8-9H,1,7,10-12H2,(H,21,25)(H,22,24). The molecule has 0 atom stereocenters. The van der Waals surface area contributed by atoms with Gasteiger partial charge in [-0.2, -0.15) is 0 Å². The Bertz CT molecular complexity index is 766. The van der Waals surface area contributed by atoms with Crippen LogP contribution >= 0.6 is 11.3 Å². The van der Waals surface area contributed by atoms with Gasteiger partial charge in [-0.1, -0.05) is 12.1 Å². The van der Waals surface area contributed by atoms with Crippen LogP contribution in [-0.4, -0.2) is 36.3 Å². The summed E-state index contributed by atoms with van der Waals surface area (Å²) in [7, 11) is 0. The molecule has 1 aromatic heterocycles. The lowest BCUT2D eigenvalue weighted by atomic mass is 10.3. The molecule has 2 N–H and O–H groups in total. The van der Waals surface area contributed by atoms with E-state index in [1.165, 1.54) is 6.07 Å². The van der Waals surface area contributed by atoms with Gasteiger partial charge in [0.05, 0.1) is 13.1 Å². The molecule has 2 rings (SSSR count). The van der Waals surface area contributed by atoms with Gasteiger partial charge in [-0.25, -0.2) is 8.78 Å². The second kappa shape index (κ2) is 9.79. The van der Waals surface area contributed by atoms with E-state index in [9.17, 15) is 18.4 Å². The van der Waals surface area contributed by atoms with Crippen molar-refractivity contribution in [2.75, 3.05) is 25.0 Å². The number of halogens is 2. The quantitative estimate of drug-likeness (QED) is 0.659. The van der Waals surface area contributed by atoms with E-state index in [-0.39, 0.29) is 24.7 Å². The number of rotatable bonds is 9. The molecule has 0 fully saturated rings. The van der Waals surface area contributed by atoms with Crippen LogP contribution in [0.2, 0.25) is 0 Å². The lowest BCUT2D eigenvalue weighted by Crippen LogP contribution is -2.40. The van der Waals surface area contributed by atoms with Gasteiger partial charge in [-0.15, -0.1) is 17.9 Å². The van der Waals surface area contributed by atoms with Crippen molar-refractivity contribution in [3.63, 3.8) is 0 Å². The second-order valence-corrected chi connectivity index (χ2v) is 6.52. The number of amides is 2. The van der Waals surface area contributed by atoms with E-state index in [2.05, 4.69) is 17.2 Å². The molecule has 1 heterocycles. The van der Waals surface area contributed by atoms with E-state index in [4.69, 9.17) is 0 Å². The molecule has 0 aliphatic rings. The molecule has 0 unspecified atom stereocenters. The summed E-state index contributed by atoms with van der Waals surface area (Å²) in [5.74, 6) is -2.90. The summed E-state index contributed by atoms with van der Waals surface area (Å²) >= 11 is 1.60. The Hall–Kier alpha value is -2.58. The molecule has 2 aromatic rings. The smallest absolute Gasteiger partial charge is 0.243 e. The molecule has 1 aromatic carbocycles. The average Bonchev–Trinajstić information content (AvgIpc) is 3.09. The van der Waals surface area contributed by atoms with Crippen molar-refractivity contribution in [1.82, 2.24) is 10.2 Å². The number of carbonyl (C=O) groups excluding carboxylic acids is 2. The zero-order chi connectivity index (χ0) is 18.9. The minimum atomic E-state index is -1.06. The summed E-state index contributed by atoms with van der Waals surface area (Å²) in [4.78, 5) is 26.9. The zero-order valence-electron chi connectivity index (χ0n) is 14.0. The highest BCUT2D eigenvalue weighted by Gasteiger charge is 2.12. The third kappa shape index (κ3) is 6.38. The summed E-state index contributed by atoms with van der Waals surface area (Å²) < 4.78 is 26.0. The van der Waals surface area contributed by atoms with E-state index < -0.39 is 17.5 Å². The number of benzene rings is 1. The molecule has 0 aliphatic carbocycles. The van der Waals surface area contributed by atoms with Crippen molar-refractivity contribution in [3.05, 3.63) is 64.9 Å². The average molecular weight is 379 g/mol. The fourth-order valence-electron chi connectivity index (χ4n) is 2.21. The minimum Gasteiger partial charge on any atom is -0.346 e. The third-order valence-electron chi connectivity index (χ3n) is 3.36. The first-order valence-electron chi connectivity index (χ1n) is 7.85. The molecule has 0 saturated carbocycles. The zero-order valence-corrected chi connectivity index (χ0v) is 14.8. The van der Waals surface area contributed by atoms with Gasteiger partial charge in [0.1, 0.15) is 0 Å². The number of hydrogen-bond acceptors (Lipinski definition) is 4. The van der Waals surface area contributed by atoms with Gasteiger partial charge in [-0.3, -0.25) is 14.5 Å². The van der Waals surface area contributed by atoms with Gasteiger partial charge in [0.2, 0.25) is 11.8 Å². The van der Waals surface area contributed by atoms with Crippen molar-refractivity contribution >= 4 is 28.8 Å². The molecule has 138 valence electrons. The maximum absolute atomic E-state index is 13.1. The summed E-state index contributed by atoms with van der Waals surface area (Å²) in [5, 5.41) is 6.86. The molecule has 0 spiro atoms. The normalized spacial score (nSPS) is 10.6. The first-order chi connectivity index (χ1) is 12.5. The van der Waals surface area contributed by atoms with Crippen molar-refractivity contribution < 1.29 is 18.4 Å². The number of nitrogens with zero attached hydrogens (tertiary/aromatic N) is 1. The minimum absolute atomic E-state index is 0.113. The largest absolute Gasteiger partial charge is 0.346 e. The number of hydrogen-bond donors (Lipinski definition) is 2. The van der Waals surface area contributed by atoms with Gasteiger partial charge in [0.25, 0.3) is 0 Å². The van der Waals surface area contributed by atoms with Crippen molar-refractivity contribution in [1.29, 1.82) is 0 Å². The van der Waals surface area contributed by atoms with Crippen LogP contribution in [0.15, 0.2) is 48.4 Å². The second-order valence-electron chi connectivity index (χ2n) is 5.49. The Kier molecular flexibility index (Phi) is 7.43. The lowest BCUT2D eigenvalue weighted by Gasteiger charge is -2.19. The first-order valence-corrected chi connectivity index (χ1v) is 8.73. The van der Waals surface area contributed by atoms with Crippen LogP contribution in [-0.2, 0) is 16.1 Å². The van der Waals surface area contributed by atoms with Crippen molar-refractivity contribution in [2.24, 2.45) is 0 Å². The highest BCUT2D eigenvalue weighted by Crippen LogP contribution is 2.13. The van der Waals surface area contributed by atoms with Crippen LogP contribution in [0.25, 0.3) is 0 Å². The van der Waals surface area contributed by atoms with Gasteiger partial charge in [0, 0.05) is 29.7 Å². The van der Waals surface area contributed by atoms with Crippen molar-refractivity contribution in [2.45, 2.75) is 6.54 Å². The summed E-state index contributed by atoms with van der Waals surface area (Å²) in [6, 6.07) is 6.96. The van der Waals surface area contributed by atoms with Gasteiger partial charge < -0.3 is 10.6 Å². The van der Waals surface area contributed by atoms with Gasteiger partial charge >= 0.3 is 0 Å². The number of carbonyl (C=O) groups is 2. The maximum atomic E-state index is 13.1. The lowest BCUT2D eigenvalue weighted by molar-refractivity contribution is -0.125. The fourth-order valence-corrected chi connectivity index (χ4v) is 2.95. The van der Waals surface area contributed by atoms with E-state index >= 15 is 0 Å². The van der Waals surface area contributed by atoms with Gasteiger partial charge in [-0.05, 0) is 23.6 Å². The molecule has 26 heavy (non-hydrogen) atoms. The molecular weight excluding hydrogens is 360 g/mol. The van der Waals surface area contributed by atoms with Crippen LogP contribution in [0.4, 0.5) is 14.5 Å². The summed E-state index contributed by atoms with van der Waals surface area (Å²) in [6.45, 7) is 4.67. The molecule has 5 nitrogen and oxygen atoms in total. The molecule has 0 aliphatic heterocycles. The number of thiophene rings is 1. The summed E-state index contributed by atoms with van der Waals surface area (Å²) in [6.07, 6.45) is 1.71. The van der Waals surface area contributed by atoms with Crippen LogP contribution in [0.3, 0.4) is 0 Å². The fraction of sp³-hybridized carbons (Fsp3) is 0.222. The topological polar surface area (TPSA) is 61.4 Å². The SMILES string of the molecule is C=CCN(CC(=O)NCC(=O)Nc1ccc(F)c(F)c1)Cc1cccs1. The predicted molar refractivity (Wildman–Crippen MR) is 97.8 cm³/mol. The Morgan fingerprint density at radius 3 is 2.65 bits per heavy atom. The monoisotopic (exact) mass is 379 g/mol. The van der Waals surface area contributed by atoms with Crippen LogP contribution in [0.5, 0.6) is 0 Å². The van der Waals surface area contributed by atoms with E-state index in [1.54, 1.807) is 17.4 Å². The molecule has 8 heteroatoms. The van der Waals surface area contributed by atoms with E-state index in [1.807, 2.05) is 22.4 Å². The molecule has 0 saturated heterocycles. The van der Waals surface area contributed by atoms with E-state index in [0.29, 0.717) is 13.1 Å².